The highest BCUT2D eigenvalue weighted by Gasteiger charge is 2.46. The van der Waals surface area contributed by atoms with Gasteiger partial charge in [-0.25, -0.2) is 9.78 Å². The molecule has 6 rings (SSSR count). The van der Waals surface area contributed by atoms with Gasteiger partial charge in [-0.15, -0.1) is 0 Å². The van der Waals surface area contributed by atoms with Crippen LogP contribution in [0.1, 0.15) is 63.6 Å². The van der Waals surface area contributed by atoms with E-state index in [0.29, 0.717) is 26.7 Å². The topological polar surface area (TPSA) is 94.3 Å². The molecule has 0 N–H and O–H groups in total. The lowest BCUT2D eigenvalue weighted by atomic mass is 9.86. The monoisotopic (exact) mass is 782 g/mol. The van der Waals surface area contributed by atoms with Crippen LogP contribution >= 0.6 is 0 Å². The van der Waals surface area contributed by atoms with Crippen LogP contribution in [0, 0.1) is 0 Å². The number of nitrogens with zero attached hydrogens (tertiary/aromatic N) is 6. The molecule has 1 amide bonds. The average Bonchev–Trinajstić information content (AvgIpc) is 3.66. The van der Waals surface area contributed by atoms with E-state index in [4.69, 9.17) is 29.3 Å². The standard InChI is InChI=1S/C43H62N6O4Si2/c1-11-36-39(33-25-34-18-19-35(26-33)48(34)42(50)53-43(2,3)4)46-40-37(32-17-20-38(44-27-32)31-15-13-12-14-16-31)28-45-49(40)41(36)47(29-51-21-23-54(5,6)7)30-52-22-24-55(8,9)10/h11-17,20,27-28,33-35H,1,18-19,21-26,29-30H2,2-10H3/t33?,34-,35?/m1/s1. The minimum absolute atomic E-state index is 0.0859. The van der Waals surface area contributed by atoms with Gasteiger partial charge in [0.05, 0.1) is 17.6 Å². The molecule has 2 aliphatic rings. The van der Waals surface area contributed by atoms with E-state index in [-0.39, 0.29) is 24.1 Å². The highest BCUT2D eigenvalue weighted by atomic mass is 28.3. The van der Waals surface area contributed by atoms with Gasteiger partial charge in [-0.2, -0.15) is 9.61 Å². The van der Waals surface area contributed by atoms with Gasteiger partial charge in [-0.05, 0) is 64.6 Å². The van der Waals surface area contributed by atoms with Crippen LogP contribution in [0.5, 0.6) is 0 Å². The quantitative estimate of drug-likeness (QED) is 0.0669. The van der Waals surface area contributed by atoms with E-state index in [2.05, 4.69) is 75.0 Å². The molecule has 2 fully saturated rings. The molecular weight excluding hydrogens is 721 g/mol. The van der Waals surface area contributed by atoms with Gasteiger partial charge in [-0.1, -0.05) is 88.3 Å². The number of ether oxygens (including phenoxy) is 3. The van der Waals surface area contributed by atoms with Crippen molar-refractivity contribution in [1.29, 1.82) is 0 Å². The van der Waals surface area contributed by atoms with Gasteiger partial charge in [0, 0.05) is 75.8 Å². The van der Waals surface area contributed by atoms with Gasteiger partial charge in [0.15, 0.2) is 5.65 Å². The normalized spacial score (nSPS) is 18.9. The molecule has 55 heavy (non-hydrogen) atoms. The number of anilines is 1. The van der Waals surface area contributed by atoms with Crippen molar-refractivity contribution in [1.82, 2.24) is 24.5 Å². The molecular formula is C43H62N6O4Si2. The van der Waals surface area contributed by atoms with Crippen molar-refractivity contribution in [3.05, 3.63) is 72.7 Å². The molecule has 5 heterocycles. The number of carbonyl (C=O) groups is 1. The Balaban J connectivity index is 1.42. The molecule has 0 radical (unpaired) electrons. The second kappa shape index (κ2) is 16.7. The number of benzene rings is 1. The minimum Gasteiger partial charge on any atom is -0.444 e. The molecule has 2 aliphatic heterocycles. The second-order valence-corrected chi connectivity index (χ2v) is 29.9. The summed E-state index contributed by atoms with van der Waals surface area (Å²) in [6.45, 7) is 26.4. The molecule has 3 atom stereocenters. The zero-order valence-corrected chi connectivity index (χ0v) is 36.6. The fraction of sp³-hybridized carbons (Fsp3) is 0.535. The summed E-state index contributed by atoms with van der Waals surface area (Å²) in [7, 11) is -2.61. The number of piperidine rings is 1. The molecule has 0 spiro atoms. The first kappa shape index (κ1) is 40.8. The average molecular weight is 783 g/mol. The first-order valence-corrected chi connectivity index (χ1v) is 27.4. The Morgan fingerprint density at radius 2 is 1.51 bits per heavy atom. The van der Waals surface area contributed by atoms with E-state index in [9.17, 15) is 4.79 Å². The van der Waals surface area contributed by atoms with Crippen molar-refractivity contribution >= 4 is 39.8 Å². The summed E-state index contributed by atoms with van der Waals surface area (Å²) < 4.78 is 20.7. The third kappa shape index (κ3) is 10.1. The van der Waals surface area contributed by atoms with E-state index in [0.717, 1.165) is 82.9 Å². The predicted molar refractivity (Wildman–Crippen MR) is 229 cm³/mol. The van der Waals surface area contributed by atoms with Crippen LogP contribution in [0.15, 0.2) is 61.4 Å². The van der Waals surface area contributed by atoms with E-state index in [1.807, 2.05) is 66.9 Å². The molecule has 2 unspecified atom stereocenters. The van der Waals surface area contributed by atoms with Gasteiger partial charge in [0.2, 0.25) is 0 Å². The lowest BCUT2D eigenvalue weighted by Gasteiger charge is -2.40. The van der Waals surface area contributed by atoms with Gasteiger partial charge in [-0.3, -0.25) is 4.98 Å². The van der Waals surface area contributed by atoms with Gasteiger partial charge in [0.1, 0.15) is 24.9 Å². The summed E-state index contributed by atoms with van der Waals surface area (Å²) in [6.07, 6.45) is 9.04. The molecule has 10 nitrogen and oxygen atoms in total. The molecule has 4 aromatic rings. The highest BCUT2D eigenvalue weighted by molar-refractivity contribution is 6.76. The number of carbonyl (C=O) groups excluding carboxylic acids is 1. The minimum atomic E-state index is -1.30. The maximum atomic E-state index is 13.4. The van der Waals surface area contributed by atoms with Crippen LogP contribution < -0.4 is 4.90 Å². The van der Waals surface area contributed by atoms with Crippen LogP contribution in [0.4, 0.5) is 10.6 Å². The largest absolute Gasteiger partial charge is 0.444 e. The summed E-state index contributed by atoms with van der Waals surface area (Å²) in [4.78, 5) is 28.0. The number of aromatic nitrogens is 4. The first-order valence-electron chi connectivity index (χ1n) is 20.0. The molecule has 2 bridgehead atoms. The van der Waals surface area contributed by atoms with Gasteiger partial charge >= 0.3 is 6.09 Å². The van der Waals surface area contributed by atoms with Crippen LogP contribution in [-0.4, -0.2) is 91.1 Å². The van der Waals surface area contributed by atoms with Crippen molar-refractivity contribution in [3.8, 4) is 22.4 Å². The van der Waals surface area contributed by atoms with Gasteiger partial charge < -0.3 is 24.0 Å². The van der Waals surface area contributed by atoms with Crippen molar-refractivity contribution in [2.45, 2.75) is 121 Å². The van der Waals surface area contributed by atoms with Crippen LogP contribution in [-0.2, 0) is 14.2 Å². The zero-order chi connectivity index (χ0) is 39.5. The lowest BCUT2D eigenvalue weighted by molar-refractivity contribution is 0.00568. The summed E-state index contributed by atoms with van der Waals surface area (Å²) >= 11 is 0. The second-order valence-electron chi connectivity index (χ2n) is 18.7. The summed E-state index contributed by atoms with van der Waals surface area (Å²) in [5.74, 6) is 0.967. The van der Waals surface area contributed by atoms with Crippen LogP contribution in [0.2, 0.25) is 51.4 Å². The first-order chi connectivity index (χ1) is 26.0. The Kier molecular flexibility index (Phi) is 12.4. The highest BCUT2D eigenvalue weighted by Crippen LogP contribution is 2.46. The number of pyridine rings is 1. The van der Waals surface area contributed by atoms with E-state index < -0.39 is 21.7 Å². The van der Waals surface area contributed by atoms with Crippen molar-refractivity contribution < 1.29 is 19.0 Å². The van der Waals surface area contributed by atoms with Crippen molar-refractivity contribution in [2.24, 2.45) is 0 Å². The predicted octanol–water partition coefficient (Wildman–Crippen LogP) is 10.2. The summed E-state index contributed by atoms with van der Waals surface area (Å²) in [5.41, 5.74) is 5.93. The maximum absolute atomic E-state index is 13.4. The lowest BCUT2D eigenvalue weighted by Crippen LogP contribution is -2.48. The molecule has 3 aromatic heterocycles. The Labute approximate surface area is 330 Å². The molecule has 0 aliphatic carbocycles. The molecule has 1 aromatic carbocycles. The van der Waals surface area contributed by atoms with E-state index >= 15 is 0 Å². The maximum Gasteiger partial charge on any atom is 0.410 e. The third-order valence-corrected chi connectivity index (χ3v) is 14.0. The number of fused-ring (bicyclic) bond motifs is 3. The summed E-state index contributed by atoms with van der Waals surface area (Å²) in [5, 5.41) is 5.01. The molecule has 296 valence electrons. The number of hydrogen-bond donors (Lipinski definition) is 0. The van der Waals surface area contributed by atoms with Gasteiger partial charge in [0.25, 0.3) is 0 Å². The van der Waals surface area contributed by atoms with E-state index in [1.54, 1.807) is 0 Å². The Morgan fingerprint density at radius 3 is 2.04 bits per heavy atom. The van der Waals surface area contributed by atoms with Crippen LogP contribution in [0.25, 0.3) is 34.1 Å². The Bertz CT molecular complexity index is 1900. The summed E-state index contributed by atoms with van der Waals surface area (Å²) in [6, 6.07) is 16.7. The fourth-order valence-corrected chi connectivity index (χ4v) is 9.15. The number of amides is 1. The third-order valence-electron chi connectivity index (χ3n) is 10.5. The van der Waals surface area contributed by atoms with Crippen LogP contribution in [0.3, 0.4) is 0 Å². The fourth-order valence-electron chi connectivity index (χ4n) is 7.63. The molecule has 0 saturated carbocycles. The smallest absolute Gasteiger partial charge is 0.410 e. The van der Waals surface area contributed by atoms with Crippen molar-refractivity contribution in [2.75, 3.05) is 31.6 Å². The van der Waals surface area contributed by atoms with E-state index in [1.165, 1.54) is 0 Å². The number of hydrogen-bond acceptors (Lipinski definition) is 8. The number of rotatable bonds is 15. The SMILES string of the molecule is C=Cc1c(C2CC3CC[C@H](C2)N3C(=O)OC(C)(C)C)nc2c(-c3ccc(-c4ccccc4)nc3)cnn2c1N(COCC[Si](C)(C)C)COCC[Si](C)(C)C. The van der Waals surface area contributed by atoms with Crippen molar-refractivity contribution in [3.63, 3.8) is 0 Å². The zero-order valence-electron chi connectivity index (χ0n) is 34.6. The molecule has 2 saturated heterocycles. The Morgan fingerprint density at radius 1 is 0.891 bits per heavy atom. The molecule has 12 heteroatoms. The Hall–Kier alpha value is -3.85.